The van der Waals surface area contributed by atoms with Crippen LogP contribution in [0.3, 0.4) is 0 Å². The molecule has 0 N–H and O–H groups in total. The van der Waals surface area contributed by atoms with Crippen LogP contribution in [0, 0.1) is 13.8 Å². The lowest BCUT2D eigenvalue weighted by Crippen LogP contribution is -2.47. The Morgan fingerprint density at radius 3 is 2.53 bits per heavy atom. The Balaban J connectivity index is 1.74. The van der Waals surface area contributed by atoms with E-state index in [4.69, 9.17) is 4.74 Å². The summed E-state index contributed by atoms with van der Waals surface area (Å²) in [5.74, 6) is -0.140. The largest absolute Gasteiger partial charge is 0.469 e. The van der Waals surface area contributed by atoms with Gasteiger partial charge in [-0.05, 0) is 77.0 Å². The molecule has 1 fully saturated rings. The molecule has 2 aromatic rings. The third-order valence-electron chi connectivity index (χ3n) is 6.02. The van der Waals surface area contributed by atoms with Gasteiger partial charge in [0.05, 0.1) is 18.5 Å². The van der Waals surface area contributed by atoms with Crippen LogP contribution in [0.4, 0.5) is 0 Å². The van der Waals surface area contributed by atoms with E-state index < -0.39 is 0 Å². The van der Waals surface area contributed by atoms with E-state index in [2.05, 4.69) is 24.1 Å². The maximum Gasteiger partial charge on any atom is 0.305 e. The molecule has 1 unspecified atom stereocenters. The quantitative estimate of drug-likeness (QED) is 0.683. The highest BCUT2D eigenvalue weighted by Crippen LogP contribution is 2.21. The standard InChI is InChI=1S/C23H32N4O3/c1-16-21(12-13-22(28)30-5)17(2)27(24-16)19-10-8-18(9-11-19)23(29)26-14-6-7-20(15-26)25(3)4/h8-11,20H,6-7,12-15H2,1-5H3. The average molecular weight is 413 g/mol. The second-order valence-corrected chi connectivity index (χ2v) is 8.20. The normalized spacial score (nSPS) is 16.7. The van der Waals surface area contributed by atoms with E-state index in [1.165, 1.54) is 7.11 Å². The topological polar surface area (TPSA) is 67.7 Å². The van der Waals surface area contributed by atoms with Crippen LogP contribution in [0.5, 0.6) is 0 Å². The molecule has 7 heteroatoms. The number of likely N-dealkylation sites (N-methyl/N-ethyl adjacent to an activating group) is 1. The summed E-state index contributed by atoms with van der Waals surface area (Å²) in [6, 6.07) is 8.04. The smallest absolute Gasteiger partial charge is 0.305 e. The van der Waals surface area contributed by atoms with Crippen molar-refractivity contribution in [3.63, 3.8) is 0 Å². The van der Waals surface area contributed by atoms with E-state index in [1.54, 1.807) is 0 Å². The van der Waals surface area contributed by atoms with E-state index in [0.29, 0.717) is 24.4 Å². The van der Waals surface area contributed by atoms with E-state index in [1.807, 2.05) is 47.7 Å². The molecule has 0 radical (unpaired) electrons. The number of ether oxygens (including phenoxy) is 1. The van der Waals surface area contributed by atoms with E-state index in [9.17, 15) is 9.59 Å². The van der Waals surface area contributed by atoms with Gasteiger partial charge in [-0.25, -0.2) is 4.68 Å². The van der Waals surface area contributed by atoms with Gasteiger partial charge in [0.2, 0.25) is 0 Å². The predicted molar refractivity (Wildman–Crippen MR) is 116 cm³/mol. The SMILES string of the molecule is COC(=O)CCc1c(C)nn(-c2ccc(C(=O)N3CCCC(N(C)C)C3)cc2)c1C. The van der Waals surface area contributed by atoms with Gasteiger partial charge in [-0.2, -0.15) is 5.10 Å². The minimum Gasteiger partial charge on any atom is -0.469 e. The number of carbonyl (C=O) groups excluding carboxylic acids is 2. The molecule has 1 saturated heterocycles. The number of aryl methyl sites for hydroxylation is 1. The van der Waals surface area contributed by atoms with Crippen molar-refractivity contribution < 1.29 is 14.3 Å². The Morgan fingerprint density at radius 1 is 1.20 bits per heavy atom. The highest BCUT2D eigenvalue weighted by Gasteiger charge is 2.25. The van der Waals surface area contributed by atoms with Crippen molar-refractivity contribution in [1.82, 2.24) is 19.6 Å². The lowest BCUT2D eigenvalue weighted by molar-refractivity contribution is -0.140. The van der Waals surface area contributed by atoms with Crippen LogP contribution in [0.25, 0.3) is 5.69 Å². The van der Waals surface area contributed by atoms with Gasteiger partial charge >= 0.3 is 5.97 Å². The van der Waals surface area contributed by atoms with Crippen molar-refractivity contribution in [2.45, 2.75) is 45.6 Å². The first kappa shape index (κ1) is 22.0. The number of methoxy groups -OCH3 is 1. The molecule has 162 valence electrons. The molecular weight excluding hydrogens is 380 g/mol. The van der Waals surface area contributed by atoms with E-state index in [-0.39, 0.29) is 11.9 Å². The van der Waals surface area contributed by atoms with Crippen LogP contribution in [-0.4, -0.2) is 71.8 Å². The van der Waals surface area contributed by atoms with Crippen LogP contribution >= 0.6 is 0 Å². The zero-order chi connectivity index (χ0) is 21.8. The molecule has 1 amide bonds. The van der Waals surface area contributed by atoms with Crippen molar-refractivity contribution >= 4 is 11.9 Å². The van der Waals surface area contributed by atoms with Crippen molar-refractivity contribution in [2.24, 2.45) is 0 Å². The minimum absolute atomic E-state index is 0.0836. The van der Waals surface area contributed by atoms with Crippen molar-refractivity contribution in [3.8, 4) is 5.69 Å². The third-order valence-corrected chi connectivity index (χ3v) is 6.02. The van der Waals surface area contributed by atoms with Crippen LogP contribution in [-0.2, 0) is 16.0 Å². The molecule has 1 aromatic heterocycles. The molecular formula is C23H32N4O3. The van der Waals surface area contributed by atoms with Crippen LogP contribution in [0.15, 0.2) is 24.3 Å². The monoisotopic (exact) mass is 412 g/mol. The summed E-state index contributed by atoms with van der Waals surface area (Å²) >= 11 is 0. The summed E-state index contributed by atoms with van der Waals surface area (Å²) in [6.07, 6.45) is 3.10. The molecule has 1 aromatic carbocycles. The Kier molecular flexibility index (Phi) is 6.92. The third kappa shape index (κ3) is 4.73. The number of likely N-dealkylation sites (tertiary alicyclic amines) is 1. The number of amides is 1. The van der Waals surface area contributed by atoms with Crippen molar-refractivity contribution in [2.75, 3.05) is 34.3 Å². The van der Waals surface area contributed by atoms with Crippen LogP contribution < -0.4 is 0 Å². The fraction of sp³-hybridized carbons (Fsp3) is 0.522. The van der Waals surface area contributed by atoms with Crippen molar-refractivity contribution in [1.29, 1.82) is 0 Å². The summed E-state index contributed by atoms with van der Waals surface area (Å²) in [5, 5.41) is 4.64. The molecule has 2 heterocycles. The number of esters is 1. The van der Waals surface area contributed by atoms with Gasteiger partial charge in [0.25, 0.3) is 5.91 Å². The molecule has 1 aliphatic rings. The highest BCUT2D eigenvalue weighted by molar-refractivity contribution is 5.94. The summed E-state index contributed by atoms with van der Waals surface area (Å²) in [4.78, 5) is 28.6. The van der Waals surface area contributed by atoms with Crippen molar-refractivity contribution in [3.05, 3.63) is 46.8 Å². The predicted octanol–water partition coefficient (Wildman–Crippen LogP) is 2.76. The maximum atomic E-state index is 13.0. The molecule has 0 bridgehead atoms. The molecule has 0 spiro atoms. The number of aromatic nitrogens is 2. The van der Waals surface area contributed by atoms with Crippen LogP contribution in [0.2, 0.25) is 0 Å². The lowest BCUT2D eigenvalue weighted by atomic mass is 10.0. The number of hydrogen-bond acceptors (Lipinski definition) is 5. The first-order chi connectivity index (χ1) is 14.3. The fourth-order valence-corrected chi connectivity index (χ4v) is 4.11. The molecule has 7 nitrogen and oxygen atoms in total. The van der Waals surface area contributed by atoms with Gasteiger partial charge in [0.1, 0.15) is 0 Å². The number of hydrogen-bond donors (Lipinski definition) is 0. The van der Waals surface area contributed by atoms with E-state index >= 15 is 0 Å². The van der Waals surface area contributed by atoms with Gasteiger partial charge in [-0.15, -0.1) is 0 Å². The first-order valence-corrected chi connectivity index (χ1v) is 10.5. The Labute approximate surface area is 178 Å². The number of nitrogens with zero attached hydrogens (tertiary/aromatic N) is 4. The molecule has 0 aliphatic carbocycles. The van der Waals surface area contributed by atoms with Gasteiger partial charge < -0.3 is 14.5 Å². The van der Waals surface area contributed by atoms with Gasteiger partial charge in [-0.3, -0.25) is 9.59 Å². The Hall–Kier alpha value is -2.67. The molecule has 30 heavy (non-hydrogen) atoms. The Bertz CT molecular complexity index is 902. The summed E-state index contributed by atoms with van der Waals surface area (Å²) in [7, 11) is 5.54. The van der Waals surface area contributed by atoms with E-state index in [0.717, 1.165) is 48.6 Å². The lowest BCUT2D eigenvalue weighted by Gasteiger charge is -2.36. The number of rotatable bonds is 6. The zero-order valence-electron chi connectivity index (χ0n) is 18.6. The summed E-state index contributed by atoms with van der Waals surface area (Å²) in [5.41, 5.74) is 4.57. The molecule has 1 atom stereocenters. The van der Waals surface area contributed by atoms with Gasteiger partial charge in [0.15, 0.2) is 0 Å². The molecule has 0 saturated carbocycles. The fourth-order valence-electron chi connectivity index (χ4n) is 4.11. The second kappa shape index (κ2) is 9.43. The number of benzene rings is 1. The van der Waals surface area contributed by atoms with Gasteiger partial charge in [0, 0.05) is 36.8 Å². The number of carbonyl (C=O) groups is 2. The van der Waals surface area contributed by atoms with Crippen LogP contribution in [0.1, 0.15) is 46.6 Å². The average Bonchev–Trinajstić information content (AvgIpc) is 3.05. The maximum absolute atomic E-state index is 13.0. The summed E-state index contributed by atoms with van der Waals surface area (Å²) in [6.45, 7) is 5.53. The molecule has 3 rings (SSSR count). The highest BCUT2D eigenvalue weighted by atomic mass is 16.5. The summed E-state index contributed by atoms with van der Waals surface area (Å²) < 4.78 is 6.62. The molecule has 1 aliphatic heterocycles. The number of piperidine rings is 1. The second-order valence-electron chi connectivity index (χ2n) is 8.20. The Morgan fingerprint density at radius 2 is 1.90 bits per heavy atom. The first-order valence-electron chi connectivity index (χ1n) is 10.5. The zero-order valence-corrected chi connectivity index (χ0v) is 18.6. The minimum atomic E-state index is -0.223. The van der Waals surface area contributed by atoms with Gasteiger partial charge in [-0.1, -0.05) is 0 Å².